The second-order valence-corrected chi connectivity index (χ2v) is 12.8. The Kier molecular flexibility index (Phi) is 15.4. The van der Waals surface area contributed by atoms with Crippen LogP contribution in [0.2, 0.25) is 0 Å². The van der Waals surface area contributed by atoms with Crippen LogP contribution in [0.15, 0.2) is 133 Å². The minimum atomic E-state index is 0. The molecular formula is C40H40Cl2Zr-2. The van der Waals surface area contributed by atoms with E-state index in [2.05, 4.69) is 133 Å². The van der Waals surface area contributed by atoms with Crippen molar-refractivity contribution in [2.75, 3.05) is 0 Å². The monoisotopic (exact) mass is 680 g/mol. The molecule has 43 heavy (non-hydrogen) atoms. The second-order valence-electron chi connectivity index (χ2n) is 11.0. The van der Waals surface area contributed by atoms with Crippen molar-refractivity contribution in [1.29, 1.82) is 0 Å². The van der Waals surface area contributed by atoms with Gasteiger partial charge in [0.15, 0.2) is 0 Å². The van der Waals surface area contributed by atoms with Crippen LogP contribution in [0.25, 0.3) is 21.5 Å². The molecule has 6 aromatic rings. The molecule has 0 amide bonds. The Bertz CT molecular complexity index is 1510. The van der Waals surface area contributed by atoms with Crippen molar-refractivity contribution >= 4 is 24.8 Å². The second kappa shape index (κ2) is 19.0. The summed E-state index contributed by atoms with van der Waals surface area (Å²) < 4.78 is 1.80. The molecule has 1 aliphatic rings. The van der Waals surface area contributed by atoms with Crippen LogP contribution in [0.4, 0.5) is 0 Å². The maximum absolute atomic E-state index is 2.26. The zero-order valence-corrected chi connectivity index (χ0v) is 28.8. The van der Waals surface area contributed by atoms with Gasteiger partial charge in [-0.25, -0.2) is 0 Å². The Balaban J connectivity index is 0.000000186. The van der Waals surface area contributed by atoms with Gasteiger partial charge in [-0.3, -0.25) is 0 Å². The molecule has 1 fully saturated rings. The van der Waals surface area contributed by atoms with Crippen molar-refractivity contribution in [1.82, 2.24) is 0 Å². The quantitative estimate of drug-likeness (QED) is 0.229. The molecule has 0 radical (unpaired) electrons. The summed E-state index contributed by atoms with van der Waals surface area (Å²) in [5.41, 5.74) is 5.75. The molecule has 0 nitrogen and oxygen atoms in total. The molecule has 0 unspecified atom stereocenters. The average molecular weight is 683 g/mol. The van der Waals surface area contributed by atoms with E-state index in [4.69, 9.17) is 0 Å². The first kappa shape index (κ1) is 34.9. The van der Waals surface area contributed by atoms with Gasteiger partial charge in [0.1, 0.15) is 0 Å². The molecular weight excluding hydrogens is 643 g/mol. The Morgan fingerprint density at radius 2 is 0.860 bits per heavy atom. The van der Waals surface area contributed by atoms with Crippen LogP contribution in [-0.4, -0.2) is 3.21 Å². The van der Waals surface area contributed by atoms with E-state index in [1.807, 2.05) is 0 Å². The van der Waals surface area contributed by atoms with Crippen molar-refractivity contribution < 1.29 is 49.0 Å². The molecule has 0 saturated heterocycles. The molecule has 0 atom stereocenters. The third-order valence-corrected chi connectivity index (χ3v) is 9.28. The van der Waals surface area contributed by atoms with E-state index in [9.17, 15) is 0 Å². The van der Waals surface area contributed by atoms with Crippen molar-refractivity contribution in [2.24, 2.45) is 0 Å². The summed E-state index contributed by atoms with van der Waals surface area (Å²) in [5.74, 6) is 0. The molecule has 0 aromatic heterocycles. The first-order valence-corrected chi connectivity index (χ1v) is 16.4. The maximum atomic E-state index is 2.26. The predicted molar refractivity (Wildman–Crippen MR) is 175 cm³/mol. The van der Waals surface area contributed by atoms with E-state index >= 15 is 0 Å². The van der Waals surface area contributed by atoms with E-state index in [1.165, 1.54) is 75.9 Å². The molecule has 220 valence electrons. The Morgan fingerprint density at radius 1 is 0.465 bits per heavy atom. The Labute approximate surface area is 285 Å². The minimum absolute atomic E-state index is 0. The van der Waals surface area contributed by atoms with Crippen molar-refractivity contribution in [3.05, 3.63) is 156 Å². The van der Waals surface area contributed by atoms with Crippen molar-refractivity contribution in [3.63, 3.8) is 0 Å². The molecule has 0 bridgehead atoms. The van der Waals surface area contributed by atoms with Crippen LogP contribution >= 0.6 is 0 Å². The Morgan fingerprint density at radius 3 is 1.26 bits per heavy atom. The normalized spacial score (nSPS) is 12.3. The minimum Gasteiger partial charge on any atom is -0.153 e. The first-order valence-electron chi connectivity index (χ1n) is 15.2. The topological polar surface area (TPSA) is 0 Å². The van der Waals surface area contributed by atoms with Gasteiger partial charge in [-0.2, -0.15) is 11.1 Å². The summed E-state index contributed by atoms with van der Waals surface area (Å²) in [4.78, 5) is 0. The van der Waals surface area contributed by atoms with Crippen molar-refractivity contribution in [2.45, 2.75) is 57.8 Å². The summed E-state index contributed by atoms with van der Waals surface area (Å²) in [6.45, 7) is 0. The number of hydrogen-bond acceptors (Lipinski definition) is 0. The fourth-order valence-corrected chi connectivity index (χ4v) is 6.56. The number of benzene rings is 4. The molecule has 0 heterocycles. The van der Waals surface area contributed by atoms with Crippen LogP contribution in [0.1, 0.15) is 54.4 Å². The third kappa shape index (κ3) is 10.8. The standard InChI is InChI=1S/2C17H15.C6H10.2ClH.Zr/c2*1-2-6-14(7-3-1)10-11-16-13-12-15-8-4-5-9-17(15)16;1-2-4-6-5-3-1;;;/h2*1-9,12-13H,10-11H2;1-5H2;2*1H;/q2*-1;;;;+2/p-2. The predicted octanol–water partition coefficient (Wildman–Crippen LogP) is 4.37. The molecule has 1 saturated carbocycles. The van der Waals surface area contributed by atoms with Crippen LogP contribution in [0.3, 0.4) is 0 Å². The SMILES string of the molecule is [Cl-].[Cl-].[Zr+2]=[C]1CCCCC1.c1ccc(CCc2c[cH-]c3ccccc23)cc1.c1ccc(CCc2c[cH-]c3ccccc23)cc1. The number of hydrogen-bond donors (Lipinski definition) is 0. The van der Waals surface area contributed by atoms with Gasteiger partial charge in [-0.05, 0) is 24.0 Å². The number of halogens is 2. The van der Waals surface area contributed by atoms with Gasteiger partial charge in [0.05, 0.1) is 0 Å². The van der Waals surface area contributed by atoms with Gasteiger partial charge < -0.3 is 24.8 Å². The molecule has 6 aromatic carbocycles. The fraction of sp³-hybridized carbons (Fsp3) is 0.225. The molecule has 0 N–H and O–H groups in total. The van der Waals surface area contributed by atoms with Gasteiger partial charge >= 0.3 is 59.5 Å². The number of rotatable bonds is 6. The molecule has 1 aliphatic carbocycles. The summed E-state index contributed by atoms with van der Waals surface area (Å²) in [6, 6.07) is 47.6. The average Bonchev–Trinajstić information content (AvgIpc) is 3.65. The van der Waals surface area contributed by atoms with Gasteiger partial charge in [0.25, 0.3) is 0 Å². The summed E-state index contributed by atoms with van der Waals surface area (Å²) in [7, 11) is 0. The van der Waals surface area contributed by atoms with Gasteiger partial charge in [0.2, 0.25) is 0 Å². The van der Waals surface area contributed by atoms with E-state index in [-0.39, 0.29) is 24.8 Å². The van der Waals surface area contributed by atoms with Crippen LogP contribution in [0, 0.1) is 0 Å². The molecule has 0 spiro atoms. The largest absolute Gasteiger partial charge is 0.153 e. The fourth-order valence-electron chi connectivity index (χ4n) is 5.69. The summed E-state index contributed by atoms with van der Waals surface area (Å²) in [6.07, 6.45) is 11.8. The molecule has 0 aliphatic heterocycles. The van der Waals surface area contributed by atoms with Crippen molar-refractivity contribution in [3.8, 4) is 0 Å². The number of fused-ring (bicyclic) bond motifs is 2. The maximum Gasteiger partial charge on any atom is -0.0326 e. The number of aryl methyl sites for hydroxylation is 4. The van der Waals surface area contributed by atoms with E-state index < -0.39 is 0 Å². The van der Waals surface area contributed by atoms with E-state index in [1.54, 1.807) is 27.4 Å². The van der Waals surface area contributed by atoms with Gasteiger partial charge in [-0.1, -0.05) is 85.6 Å². The van der Waals surface area contributed by atoms with Crippen LogP contribution in [0.5, 0.6) is 0 Å². The third-order valence-electron chi connectivity index (χ3n) is 8.05. The summed E-state index contributed by atoms with van der Waals surface area (Å²) >= 11 is 1.69. The molecule has 7 rings (SSSR count). The summed E-state index contributed by atoms with van der Waals surface area (Å²) in [5, 5.41) is 5.53. The van der Waals surface area contributed by atoms with Gasteiger partial charge in [-0.15, -0.1) is 82.2 Å². The van der Waals surface area contributed by atoms with Gasteiger partial charge in [0, 0.05) is 0 Å². The van der Waals surface area contributed by atoms with Crippen LogP contribution < -0.4 is 24.8 Å². The Hall–Kier alpha value is -2.57. The zero-order chi connectivity index (χ0) is 28.1. The van der Waals surface area contributed by atoms with E-state index in [0.29, 0.717) is 0 Å². The smallest absolute Gasteiger partial charge is 0.0326 e. The molecule has 3 heteroatoms. The first-order chi connectivity index (χ1) is 20.3. The van der Waals surface area contributed by atoms with E-state index in [0.717, 1.165) is 25.7 Å². The van der Waals surface area contributed by atoms with Crippen LogP contribution in [-0.2, 0) is 49.9 Å². The zero-order valence-electron chi connectivity index (χ0n) is 24.8.